The van der Waals surface area contributed by atoms with E-state index in [4.69, 9.17) is 14.6 Å². The fraction of sp³-hybridized carbons (Fsp3) is 0.435. The molecule has 0 aliphatic rings. The lowest BCUT2D eigenvalue weighted by Gasteiger charge is -2.23. The monoisotopic (exact) mass is 455 g/mol. The molecule has 0 heterocycles. The van der Waals surface area contributed by atoms with Crippen LogP contribution in [0.25, 0.3) is 0 Å². The highest BCUT2D eigenvalue weighted by molar-refractivity contribution is 5.70. The van der Waals surface area contributed by atoms with Crippen LogP contribution in [0.15, 0.2) is 30.3 Å². The summed E-state index contributed by atoms with van der Waals surface area (Å²) in [5.41, 5.74) is 0.458. The first-order chi connectivity index (χ1) is 15.3. The molecule has 2 atom stereocenters. The van der Waals surface area contributed by atoms with Crippen LogP contribution in [0, 0.1) is 24.4 Å². The number of nitrogens with one attached hydrogen (secondary N) is 1. The van der Waals surface area contributed by atoms with Gasteiger partial charge in [0.15, 0.2) is 18.2 Å². The van der Waals surface area contributed by atoms with E-state index < -0.39 is 35.1 Å². The van der Waals surface area contributed by atoms with E-state index in [1.165, 1.54) is 7.11 Å². The summed E-state index contributed by atoms with van der Waals surface area (Å²) in [7, 11) is 1.28. The van der Waals surface area contributed by atoms with Gasteiger partial charge in [0, 0.05) is 23.7 Å². The molecule has 2 unspecified atom stereocenters. The molecular weight excluding hydrogens is 427 g/mol. The summed E-state index contributed by atoms with van der Waals surface area (Å²) in [6, 6.07) is 7.90. The van der Waals surface area contributed by atoms with E-state index >= 15 is 0 Å². The SMILES string of the molecule is COC(=O)COc1ccc(CC(C)NCC(OCCO)c2cc(F)c(F)c(C)c2F)cc1. The minimum atomic E-state index is -1.23. The predicted octanol–water partition coefficient (Wildman–Crippen LogP) is 3.23. The second-order valence-corrected chi connectivity index (χ2v) is 7.31. The number of hydrogen-bond acceptors (Lipinski definition) is 6. The van der Waals surface area contributed by atoms with Gasteiger partial charge in [-0.1, -0.05) is 12.1 Å². The first kappa shape index (κ1) is 25.6. The van der Waals surface area contributed by atoms with Gasteiger partial charge in [-0.05, 0) is 44.0 Å². The van der Waals surface area contributed by atoms with Gasteiger partial charge in [0.25, 0.3) is 0 Å². The summed E-state index contributed by atoms with van der Waals surface area (Å²) >= 11 is 0. The Morgan fingerprint density at radius 2 is 1.84 bits per heavy atom. The maximum Gasteiger partial charge on any atom is 0.343 e. The van der Waals surface area contributed by atoms with Crippen LogP contribution in [0.5, 0.6) is 5.75 Å². The number of ether oxygens (including phenoxy) is 3. The molecule has 176 valence electrons. The Bertz CT molecular complexity index is 892. The number of halogens is 3. The molecule has 0 aliphatic carbocycles. The number of carbonyl (C=O) groups is 1. The van der Waals surface area contributed by atoms with Crippen LogP contribution in [-0.4, -0.2) is 50.6 Å². The number of esters is 1. The third-order valence-electron chi connectivity index (χ3n) is 4.86. The van der Waals surface area contributed by atoms with E-state index in [0.29, 0.717) is 12.2 Å². The van der Waals surface area contributed by atoms with Gasteiger partial charge in [-0.15, -0.1) is 0 Å². The Balaban J connectivity index is 1.99. The Labute approximate surface area is 185 Å². The molecule has 2 N–H and O–H groups in total. The fourth-order valence-electron chi connectivity index (χ4n) is 3.10. The summed E-state index contributed by atoms with van der Waals surface area (Å²) in [4.78, 5) is 11.1. The smallest absolute Gasteiger partial charge is 0.343 e. The van der Waals surface area contributed by atoms with Crippen LogP contribution in [0.1, 0.15) is 29.7 Å². The highest BCUT2D eigenvalue weighted by Crippen LogP contribution is 2.26. The molecule has 0 amide bonds. The lowest BCUT2D eigenvalue weighted by Crippen LogP contribution is -2.33. The summed E-state index contributed by atoms with van der Waals surface area (Å²) in [6.45, 7) is 2.66. The molecule has 0 saturated heterocycles. The first-order valence-electron chi connectivity index (χ1n) is 10.1. The van der Waals surface area contributed by atoms with E-state index in [2.05, 4.69) is 10.1 Å². The van der Waals surface area contributed by atoms with E-state index in [1.807, 2.05) is 19.1 Å². The van der Waals surface area contributed by atoms with Crippen LogP contribution in [0.2, 0.25) is 0 Å². The van der Waals surface area contributed by atoms with E-state index in [9.17, 15) is 18.0 Å². The maximum absolute atomic E-state index is 14.5. The first-order valence-corrected chi connectivity index (χ1v) is 10.1. The fourth-order valence-corrected chi connectivity index (χ4v) is 3.10. The second-order valence-electron chi connectivity index (χ2n) is 7.31. The van der Waals surface area contributed by atoms with E-state index in [0.717, 1.165) is 18.6 Å². The van der Waals surface area contributed by atoms with Crippen molar-refractivity contribution < 1.29 is 37.3 Å². The van der Waals surface area contributed by atoms with Crippen molar-refractivity contribution in [3.8, 4) is 5.75 Å². The van der Waals surface area contributed by atoms with Crippen molar-refractivity contribution in [2.45, 2.75) is 32.4 Å². The van der Waals surface area contributed by atoms with Crippen LogP contribution < -0.4 is 10.1 Å². The lowest BCUT2D eigenvalue weighted by atomic mass is 10.0. The second kappa shape index (κ2) is 12.4. The van der Waals surface area contributed by atoms with Gasteiger partial charge in [-0.25, -0.2) is 18.0 Å². The standard InChI is InChI=1S/C23H28F3NO5/c1-14(10-16-4-6-17(7-5-16)32-13-21(29)30-3)27-12-20(31-9-8-28)18-11-19(24)23(26)15(2)22(18)25/h4-7,11,14,20,27-28H,8-10,12-13H2,1-3H3. The number of aliphatic hydroxyl groups excluding tert-OH is 1. The lowest BCUT2D eigenvalue weighted by molar-refractivity contribution is -0.142. The van der Waals surface area contributed by atoms with Crippen LogP contribution >= 0.6 is 0 Å². The number of aliphatic hydroxyl groups is 1. The van der Waals surface area contributed by atoms with Gasteiger partial charge in [0.2, 0.25) is 0 Å². The van der Waals surface area contributed by atoms with Crippen LogP contribution in [0.4, 0.5) is 13.2 Å². The number of carbonyl (C=O) groups excluding carboxylic acids is 1. The van der Waals surface area contributed by atoms with Gasteiger partial charge in [-0.3, -0.25) is 0 Å². The van der Waals surface area contributed by atoms with Gasteiger partial charge in [0.05, 0.1) is 26.4 Å². The number of rotatable bonds is 12. The van der Waals surface area contributed by atoms with Gasteiger partial charge in [-0.2, -0.15) is 0 Å². The highest BCUT2D eigenvalue weighted by atomic mass is 19.2. The Hall–Kier alpha value is -2.62. The number of hydrogen-bond donors (Lipinski definition) is 2. The van der Waals surface area contributed by atoms with Crippen LogP contribution in [0.3, 0.4) is 0 Å². The van der Waals surface area contributed by atoms with Crippen LogP contribution in [-0.2, 0) is 20.7 Å². The summed E-state index contributed by atoms with van der Waals surface area (Å²) in [5, 5.41) is 12.3. The molecule has 9 heteroatoms. The molecule has 2 rings (SSSR count). The Morgan fingerprint density at radius 1 is 1.16 bits per heavy atom. The molecule has 0 fully saturated rings. The molecule has 0 aromatic heterocycles. The zero-order chi connectivity index (χ0) is 23.7. The minimum Gasteiger partial charge on any atom is -0.482 e. The summed E-state index contributed by atoms with van der Waals surface area (Å²) < 4.78 is 57.3. The zero-order valence-corrected chi connectivity index (χ0v) is 18.3. The molecule has 6 nitrogen and oxygen atoms in total. The molecule has 0 aliphatic heterocycles. The Morgan fingerprint density at radius 3 is 2.47 bits per heavy atom. The topological polar surface area (TPSA) is 77.0 Å². The molecule has 0 radical (unpaired) electrons. The summed E-state index contributed by atoms with van der Waals surface area (Å²) in [5.74, 6) is -3.20. The van der Waals surface area contributed by atoms with Crippen molar-refractivity contribution in [1.29, 1.82) is 0 Å². The Kier molecular flexibility index (Phi) is 9.96. The summed E-state index contributed by atoms with van der Waals surface area (Å²) in [6.07, 6.45) is -0.295. The molecule has 2 aromatic carbocycles. The molecule has 32 heavy (non-hydrogen) atoms. The largest absolute Gasteiger partial charge is 0.482 e. The van der Waals surface area contributed by atoms with Gasteiger partial charge >= 0.3 is 5.97 Å². The zero-order valence-electron chi connectivity index (χ0n) is 18.3. The van der Waals surface area contributed by atoms with E-state index in [1.54, 1.807) is 12.1 Å². The number of methoxy groups -OCH3 is 1. The molecular formula is C23H28F3NO5. The maximum atomic E-state index is 14.5. The van der Waals surface area contributed by atoms with E-state index in [-0.39, 0.29) is 38.0 Å². The normalized spacial score (nSPS) is 13.0. The van der Waals surface area contributed by atoms with Crippen molar-refractivity contribution in [3.05, 3.63) is 64.5 Å². The average molecular weight is 455 g/mol. The van der Waals surface area contributed by atoms with Gasteiger partial charge < -0.3 is 24.6 Å². The number of benzene rings is 2. The van der Waals surface area contributed by atoms with Gasteiger partial charge in [0.1, 0.15) is 11.6 Å². The third-order valence-corrected chi connectivity index (χ3v) is 4.86. The van der Waals surface area contributed by atoms with Crippen molar-refractivity contribution in [2.75, 3.05) is 33.5 Å². The van der Waals surface area contributed by atoms with Crippen molar-refractivity contribution in [1.82, 2.24) is 5.32 Å². The highest BCUT2D eigenvalue weighted by Gasteiger charge is 2.23. The molecule has 0 bridgehead atoms. The predicted molar refractivity (Wildman–Crippen MR) is 112 cm³/mol. The van der Waals surface area contributed by atoms with Crippen molar-refractivity contribution >= 4 is 5.97 Å². The molecule has 2 aromatic rings. The minimum absolute atomic E-state index is 0.0634. The average Bonchev–Trinajstić information content (AvgIpc) is 2.79. The van der Waals surface area contributed by atoms with Crippen molar-refractivity contribution in [3.63, 3.8) is 0 Å². The molecule has 0 saturated carbocycles. The quantitative estimate of drug-likeness (QED) is 0.378. The molecule has 0 spiro atoms. The van der Waals surface area contributed by atoms with Crippen molar-refractivity contribution in [2.24, 2.45) is 0 Å². The third kappa shape index (κ3) is 7.22.